The molecule has 0 saturated carbocycles. The largest absolute Gasteiger partial charge is 0.490 e. The number of ether oxygens (including phenoxy) is 3. The van der Waals surface area contributed by atoms with Crippen LogP contribution in [0.25, 0.3) is 0 Å². The Balaban J connectivity index is 1.82. The standard InChI is InChI=1S/C22H27NO5/c1-4-14-26-19-8-6-7-9-20(19)27-15-21(24)28-16(3)22(25)23-18-12-10-17(5-2)11-13-18/h6-13,16H,4-5,14-15H2,1-3H3,(H,23,25)/t16-/m1/s1. The highest BCUT2D eigenvalue weighted by molar-refractivity contribution is 5.95. The van der Waals surface area contributed by atoms with E-state index in [4.69, 9.17) is 14.2 Å². The summed E-state index contributed by atoms with van der Waals surface area (Å²) in [5, 5.41) is 2.73. The van der Waals surface area contributed by atoms with Crippen molar-refractivity contribution in [2.75, 3.05) is 18.5 Å². The van der Waals surface area contributed by atoms with Gasteiger partial charge in [-0.1, -0.05) is 38.1 Å². The molecule has 1 atom stereocenters. The Hall–Kier alpha value is -3.02. The average Bonchev–Trinajstić information content (AvgIpc) is 2.71. The average molecular weight is 385 g/mol. The molecule has 0 spiro atoms. The zero-order valence-corrected chi connectivity index (χ0v) is 16.6. The smallest absolute Gasteiger partial charge is 0.344 e. The molecule has 0 aliphatic carbocycles. The SMILES string of the molecule is CCCOc1ccccc1OCC(=O)O[C@H](C)C(=O)Nc1ccc(CC)cc1. The zero-order valence-electron chi connectivity index (χ0n) is 16.6. The number of anilines is 1. The number of esters is 1. The molecule has 6 heteroatoms. The minimum Gasteiger partial charge on any atom is -0.490 e. The monoisotopic (exact) mass is 385 g/mol. The highest BCUT2D eigenvalue weighted by atomic mass is 16.6. The van der Waals surface area contributed by atoms with E-state index < -0.39 is 18.0 Å². The van der Waals surface area contributed by atoms with Crippen LogP contribution in [0.1, 0.15) is 32.8 Å². The topological polar surface area (TPSA) is 73.9 Å². The van der Waals surface area contributed by atoms with Crippen molar-refractivity contribution in [1.82, 2.24) is 0 Å². The number of nitrogens with one attached hydrogen (secondary N) is 1. The number of carbonyl (C=O) groups is 2. The van der Waals surface area contributed by atoms with E-state index in [-0.39, 0.29) is 6.61 Å². The van der Waals surface area contributed by atoms with Gasteiger partial charge in [0.2, 0.25) is 0 Å². The third kappa shape index (κ3) is 6.61. The van der Waals surface area contributed by atoms with Crippen LogP contribution in [0.15, 0.2) is 48.5 Å². The van der Waals surface area contributed by atoms with E-state index in [0.29, 0.717) is 23.8 Å². The maximum atomic E-state index is 12.2. The number of para-hydroxylation sites is 2. The Morgan fingerprint density at radius 3 is 2.21 bits per heavy atom. The van der Waals surface area contributed by atoms with Gasteiger partial charge in [0.25, 0.3) is 5.91 Å². The fourth-order valence-corrected chi connectivity index (χ4v) is 2.39. The van der Waals surface area contributed by atoms with Crippen LogP contribution in [0.2, 0.25) is 0 Å². The molecule has 0 radical (unpaired) electrons. The summed E-state index contributed by atoms with van der Waals surface area (Å²) in [5.41, 5.74) is 1.83. The number of aryl methyl sites for hydroxylation is 1. The van der Waals surface area contributed by atoms with Crippen LogP contribution >= 0.6 is 0 Å². The van der Waals surface area contributed by atoms with Gasteiger partial charge in [0.1, 0.15) is 0 Å². The maximum absolute atomic E-state index is 12.2. The first kappa shape index (κ1) is 21.3. The molecule has 28 heavy (non-hydrogen) atoms. The lowest BCUT2D eigenvalue weighted by molar-refractivity contribution is -0.155. The summed E-state index contributed by atoms with van der Waals surface area (Å²) in [6.45, 7) is 5.83. The van der Waals surface area contributed by atoms with Crippen molar-refractivity contribution < 1.29 is 23.8 Å². The maximum Gasteiger partial charge on any atom is 0.344 e. The van der Waals surface area contributed by atoms with Gasteiger partial charge in [-0.3, -0.25) is 4.79 Å². The van der Waals surface area contributed by atoms with Crippen molar-refractivity contribution in [3.8, 4) is 11.5 Å². The van der Waals surface area contributed by atoms with E-state index in [1.807, 2.05) is 37.3 Å². The highest BCUT2D eigenvalue weighted by Crippen LogP contribution is 2.26. The molecule has 0 heterocycles. The minimum absolute atomic E-state index is 0.310. The van der Waals surface area contributed by atoms with Gasteiger partial charge in [0.05, 0.1) is 6.61 Å². The van der Waals surface area contributed by atoms with Crippen molar-refractivity contribution in [3.63, 3.8) is 0 Å². The van der Waals surface area contributed by atoms with Crippen molar-refractivity contribution in [1.29, 1.82) is 0 Å². The number of benzene rings is 2. The second-order valence-corrected chi connectivity index (χ2v) is 6.26. The molecular formula is C22H27NO5. The van der Waals surface area contributed by atoms with Crippen molar-refractivity contribution in [2.45, 2.75) is 39.7 Å². The third-order valence-electron chi connectivity index (χ3n) is 3.96. The number of hydrogen-bond donors (Lipinski definition) is 1. The summed E-state index contributed by atoms with van der Waals surface area (Å²) in [7, 11) is 0. The molecule has 0 aromatic heterocycles. The summed E-state index contributed by atoms with van der Waals surface area (Å²) in [6.07, 6.45) is 0.854. The molecule has 1 N–H and O–H groups in total. The molecule has 0 unspecified atom stereocenters. The minimum atomic E-state index is -0.937. The summed E-state index contributed by atoms with van der Waals surface area (Å²) >= 11 is 0. The first-order chi connectivity index (χ1) is 13.5. The van der Waals surface area contributed by atoms with Crippen LogP contribution in [0.4, 0.5) is 5.69 Å². The molecule has 0 aliphatic heterocycles. The molecule has 1 amide bonds. The lowest BCUT2D eigenvalue weighted by Crippen LogP contribution is -2.31. The number of hydrogen-bond acceptors (Lipinski definition) is 5. The fourth-order valence-electron chi connectivity index (χ4n) is 2.39. The van der Waals surface area contributed by atoms with Crippen molar-refractivity contribution >= 4 is 17.6 Å². The van der Waals surface area contributed by atoms with Gasteiger partial charge >= 0.3 is 5.97 Å². The molecule has 0 saturated heterocycles. The first-order valence-corrected chi connectivity index (χ1v) is 9.47. The zero-order chi connectivity index (χ0) is 20.4. The predicted molar refractivity (Wildman–Crippen MR) is 108 cm³/mol. The van der Waals surface area contributed by atoms with Crippen LogP contribution in [-0.4, -0.2) is 31.2 Å². The van der Waals surface area contributed by atoms with Crippen molar-refractivity contribution in [3.05, 3.63) is 54.1 Å². The Labute approximate surface area is 165 Å². The summed E-state index contributed by atoms with van der Waals surface area (Å²) in [4.78, 5) is 24.2. The molecule has 2 rings (SSSR count). The van der Waals surface area contributed by atoms with E-state index in [1.165, 1.54) is 12.5 Å². The van der Waals surface area contributed by atoms with Crippen LogP contribution < -0.4 is 14.8 Å². The highest BCUT2D eigenvalue weighted by Gasteiger charge is 2.18. The second kappa shape index (κ2) is 11.0. The molecular weight excluding hydrogens is 358 g/mol. The summed E-state index contributed by atoms with van der Waals surface area (Å²) in [6, 6.07) is 14.6. The van der Waals surface area contributed by atoms with E-state index in [1.54, 1.807) is 18.2 Å². The van der Waals surface area contributed by atoms with Crippen LogP contribution in [0.3, 0.4) is 0 Å². The van der Waals surface area contributed by atoms with Gasteiger partial charge in [0.15, 0.2) is 24.2 Å². The number of rotatable bonds is 10. The quantitative estimate of drug-likeness (QED) is 0.626. The van der Waals surface area contributed by atoms with E-state index >= 15 is 0 Å². The Morgan fingerprint density at radius 1 is 0.964 bits per heavy atom. The van der Waals surface area contributed by atoms with Crippen LogP contribution in [-0.2, 0) is 20.7 Å². The normalized spacial score (nSPS) is 11.4. The van der Waals surface area contributed by atoms with E-state index in [2.05, 4.69) is 12.2 Å². The van der Waals surface area contributed by atoms with Crippen molar-refractivity contribution in [2.24, 2.45) is 0 Å². The Bertz CT molecular complexity index is 773. The molecule has 0 fully saturated rings. The summed E-state index contributed by atoms with van der Waals surface area (Å²) in [5.74, 6) is -0.00182. The fraction of sp³-hybridized carbons (Fsp3) is 0.364. The number of amides is 1. The van der Waals surface area contributed by atoms with E-state index in [0.717, 1.165) is 12.8 Å². The molecule has 2 aromatic carbocycles. The van der Waals surface area contributed by atoms with Gasteiger partial charge in [-0.05, 0) is 49.6 Å². The van der Waals surface area contributed by atoms with Gasteiger partial charge < -0.3 is 19.5 Å². The van der Waals surface area contributed by atoms with Gasteiger partial charge in [-0.25, -0.2) is 4.79 Å². The van der Waals surface area contributed by atoms with Gasteiger partial charge in [-0.15, -0.1) is 0 Å². The Morgan fingerprint density at radius 2 is 1.61 bits per heavy atom. The molecule has 0 aliphatic rings. The van der Waals surface area contributed by atoms with Gasteiger partial charge in [0, 0.05) is 5.69 Å². The lowest BCUT2D eigenvalue weighted by atomic mass is 10.1. The first-order valence-electron chi connectivity index (χ1n) is 9.47. The molecule has 2 aromatic rings. The number of carbonyl (C=O) groups excluding carboxylic acids is 2. The Kier molecular flexibility index (Phi) is 8.34. The molecule has 6 nitrogen and oxygen atoms in total. The molecule has 0 bridgehead atoms. The lowest BCUT2D eigenvalue weighted by Gasteiger charge is -2.15. The van der Waals surface area contributed by atoms with Gasteiger partial charge in [-0.2, -0.15) is 0 Å². The predicted octanol–water partition coefficient (Wildman–Crippen LogP) is 3.99. The van der Waals surface area contributed by atoms with E-state index in [9.17, 15) is 9.59 Å². The molecule has 150 valence electrons. The second-order valence-electron chi connectivity index (χ2n) is 6.26. The third-order valence-corrected chi connectivity index (χ3v) is 3.96. The van der Waals surface area contributed by atoms with Crippen LogP contribution in [0, 0.1) is 0 Å². The summed E-state index contributed by atoms with van der Waals surface area (Å²) < 4.78 is 16.2. The van der Waals surface area contributed by atoms with Crippen LogP contribution in [0.5, 0.6) is 11.5 Å².